The van der Waals surface area contributed by atoms with Gasteiger partial charge in [-0.2, -0.15) is 0 Å². The summed E-state index contributed by atoms with van der Waals surface area (Å²) in [7, 11) is 5.69. The summed E-state index contributed by atoms with van der Waals surface area (Å²) >= 11 is 0. The summed E-state index contributed by atoms with van der Waals surface area (Å²) in [5, 5.41) is 6.15. The van der Waals surface area contributed by atoms with Crippen molar-refractivity contribution in [3.8, 4) is 5.75 Å². The minimum Gasteiger partial charge on any atom is -0.497 e. The molecule has 0 bridgehead atoms. The van der Waals surface area contributed by atoms with Gasteiger partial charge in [-0.05, 0) is 31.8 Å². The molecule has 1 fully saturated rings. The molecule has 20 heavy (non-hydrogen) atoms. The lowest BCUT2D eigenvalue weighted by Gasteiger charge is -2.29. The second-order valence-electron chi connectivity index (χ2n) is 5.36. The Morgan fingerprint density at radius 2 is 2.25 bits per heavy atom. The van der Waals surface area contributed by atoms with Gasteiger partial charge in [-0.3, -0.25) is 4.79 Å². The summed E-state index contributed by atoms with van der Waals surface area (Å²) < 4.78 is 5.26. The molecule has 0 radical (unpaired) electrons. The number of amides is 1. The molecule has 5 heteroatoms. The summed E-state index contributed by atoms with van der Waals surface area (Å²) in [6.45, 7) is 2.19. The van der Waals surface area contributed by atoms with E-state index in [0.717, 1.165) is 24.4 Å². The first-order valence-electron chi connectivity index (χ1n) is 6.90. The van der Waals surface area contributed by atoms with E-state index in [1.54, 1.807) is 7.11 Å². The zero-order valence-electron chi connectivity index (χ0n) is 12.3. The van der Waals surface area contributed by atoms with Gasteiger partial charge in [0.25, 0.3) is 0 Å². The van der Waals surface area contributed by atoms with Crippen LogP contribution in [0.4, 0.5) is 0 Å². The monoisotopic (exact) mass is 277 g/mol. The Hall–Kier alpha value is -1.59. The summed E-state index contributed by atoms with van der Waals surface area (Å²) in [6.07, 6.45) is 0. The molecule has 1 amide bonds. The number of hydrogen-bond acceptors (Lipinski definition) is 4. The second-order valence-corrected chi connectivity index (χ2v) is 5.36. The maximum Gasteiger partial charge on any atom is 0.225 e. The third kappa shape index (κ3) is 3.49. The van der Waals surface area contributed by atoms with Gasteiger partial charge in [-0.25, -0.2) is 0 Å². The number of carbonyl (C=O) groups excluding carboxylic acids is 1. The van der Waals surface area contributed by atoms with Gasteiger partial charge in [0.1, 0.15) is 5.75 Å². The molecule has 0 aliphatic carbocycles. The van der Waals surface area contributed by atoms with E-state index in [4.69, 9.17) is 4.74 Å². The maximum atomic E-state index is 11.9. The standard InChI is InChI=1S/C15H23N3O2/c1-18(2)14(10-17-15(19)12-8-16-9-12)11-5-4-6-13(7-11)20-3/h4-7,12,14,16H,8-10H2,1-3H3,(H,17,19). The number of nitrogens with zero attached hydrogens (tertiary/aromatic N) is 1. The summed E-state index contributed by atoms with van der Waals surface area (Å²) in [5.41, 5.74) is 1.14. The average molecular weight is 277 g/mol. The number of ether oxygens (including phenoxy) is 1. The summed E-state index contributed by atoms with van der Waals surface area (Å²) in [6, 6.07) is 8.12. The van der Waals surface area contributed by atoms with E-state index in [9.17, 15) is 4.79 Å². The third-order valence-electron chi connectivity index (χ3n) is 3.72. The van der Waals surface area contributed by atoms with Gasteiger partial charge in [0.05, 0.1) is 19.1 Å². The Bertz CT molecular complexity index is 458. The molecule has 110 valence electrons. The Kier molecular flexibility index (Phi) is 4.98. The van der Waals surface area contributed by atoms with E-state index in [2.05, 4.69) is 21.6 Å². The number of methoxy groups -OCH3 is 1. The van der Waals surface area contributed by atoms with E-state index in [1.165, 1.54) is 0 Å². The van der Waals surface area contributed by atoms with Crippen LogP contribution in [-0.2, 0) is 4.79 Å². The molecule has 0 saturated carbocycles. The highest BCUT2D eigenvalue weighted by Crippen LogP contribution is 2.22. The second kappa shape index (κ2) is 6.72. The lowest BCUT2D eigenvalue weighted by molar-refractivity contribution is -0.126. The molecule has 2 N–H and O–H groups in total. The maximum absolute atomic E-state index is 11.9. The molecule has 0 spiro atoms. The van der Waals surface area contributed by atoms with Gasteiger partial charge < -0.3 is 20.3 Å². The van der Waals surface area contributed by atoms with Crippen molar-refractivity contribution < 1.29 is 9.53 Å². The van der Waals surface area contributed by atoms with Crippen LogP contribution in [0.2, 0.25) is 0 Å². The Morgan fingerprint density at radius 1 is 1.50 bits per heavy atom. The third-order valence-corrected chi connectivity index (χ3v) is 3.72. The van der Waals surface area contributed by atoms with Crippen molar-refractivity contribution in [2.45, 2.75) is 6.04 Å². The van der Waals surface area contributed by atoms with Gasteiger partial charge in [0.15, 0.2) is 0 Å². The molecule has 0 aromatic heterocycles. The Morgan fingerprint density at radius 3 is 2.80 bits per heavy atom. The van der Waals surface area contributed by atoms with Crippen molar-refractivity contribution in [2.75, 3.05) is 40.8 Å². The quantitative estimate of drug-likeness (QED) is 0.801. The van der Waals surface area contributed by atoms with E-state index in [1.807, 2.05) is 32.3 Å². The van der Waals surface area contributed by atoms with Crippen LogP contribution in [-0.4, -0.2) is 51.6 Å². The van der Waals surface area contributed by atoms with Crippen LogP contribution in [0.15, 0.2) is 24.3 Å². The number of hydrogen-bond donors (Lipinski definition) is 2. The molecule has 1 aromatic carbocycles. The van der Waals surface area contributed by atoms with Crippen LogP contribution >= 0.6 is 0 Å². The number of likely N-dealkylation sites (N-methyl/N-ethyl adjacent to an activating group) is 1. The van der Waals surface area contributed by atoms with E-state index in [-0.39, 0.29) is 17.9 Å². The van der Waals surface area contributed by atoms with Crippen LogP contribution in [0.5, 0.6) is 5.75 Å². The van der Waals surface area contributed by atoms with Crippen molar-refractivity contribution in [3.63, 3.8) is 0 Å². The fourth-order valence-electron chi connectivity index (χ4n) is 2.26. The molecule has 1 aliphatic rings. The van der Waals surface area contributed by atoms with Crippen molar-refractivity contribution in [2.24, 2.45) is 5.92 Å². The first-order valence-corrected chi connectivity index (χ1v) is 6.90. The number of benzene rings is 1. The predicted molar refractivity (Wildman–Crippen MR) is 78.8 cm³/mol. The smallest absolute Gasteiger partial charge is 0.225 e. The zero-order chi connectivity index (χ0) is 14.5. The van der Waals surface area contributed by atoms with Gasteiger partial charge in [0.2, 0.25) is 5.91 Å². The normalized spacial score (nSPS) is 16.6. The van der Waals surface area contributed by atoms with Gasteiger partial charge in [-0.1, -0.05) is 12.1 Å². The molecule has 1 atom stereocenters. The molecule has 5 nitrogen and oxygen atoms in total. The van der Waals surface area contributed by atoms with Crippen molar-refractivity contribution >= 4 is 5.91 Å². The fraction of sp³-hybridized carbons (Fsp3) is 0.533. The molecule has 1 aromatic rings. The molecule has 1 unspecified atom stereocenters. The van der Waals surface area contributed by atoms with Crippen LogP contribution < -0.4 is 15.4 Å². The van der Waals surface area contributed by atoms with Crippen LogP contribution in [0.1, 0.15) is 11.6 Å². The molecule has 1 aliphatic heterocycles. The minimum absolute atomic E-state index is 0.128. The number of carbonyl (C=O) groups is 1. The Balaban J connectivity index is 2.00. The SMILES string of the molecule is COc1cccc(C(CNC(=O)C2CNC2)N(C)C)c1. The summed E-state index contributed by atoms with van der Waals surface area (Å²) in [5.74, 6) is 1.10. The molecule has 1 heterocycles. The minimum atomic E-state index is 0.128. The van der Waals surface area contributed by atoms with Crippen molar-refractivity contribution in [3.05, 3.63) is 29.8 Å². The van der Waals surface area contributed by atoms with Crippen LogP contribution in [0, 0.1) is 5.92 Å². The van der Waals surface area contributed by atoms with E-state index in [0.29, 0.717) is 6.54 Å². The first-order chi connectivity index (χ1) is 9.61. The molecule has 1 saturated heterocycles. The predicted octanol–water partition coefficient (Wildman–Crippen LogP) is 0.634. The van der Waals surface area contributed by atoms with Crippen LogP contribution in [0.25, 0.3) is 0 Å². The number of rotatable bonds is 6. The van der Waals surface area contributed by atoms with Crippen molar-refractivity contribution in [1.82, 2.24) is 15.5 Å². The van der Waals surface area contributed by atoms with Gasteiger partial charge in [-0.15, -0.1) is 0 Å². The topological polar surface area (TPSA) is 53.6 Å². The largest absolute Gasteiger partial charge is 0.497 e. The van der Waals surface area contributed by atoms with E-state index < -0.39 is 0 Å². The molecular formula is C15H23N3O2. The number of nitrogens with one attached hydrogen (secondary N) is 2. The summed E-state index contributed by atoms with van der Waals surface area (Å²) in [4.78, 5) is 14.0. The van der Waals surface area contributed by atoms with Gasteiger partial charge in [0, 0.05) is 19.6 Å². The fourth-order valence-corrected chi connectivity index (χ4v) is 2.26. The lowest BCUT2D eigenvalue weighted by atomic mass is 10.0. The molecular weight excluding hydrogens is 254 g/mol. The Labute approximate surface area is 120 Å². The van der Waals surface area contributed by atoms with Crippen molar-refractivity contribution in [1.29, 1.82) is 0 Å². The lowest BCUT2D eigenvalue weighted by Crippen LogP contribution is -2.51. The molecule has 2 rings (SSSR count). The average Bonchev–Trinajstić information content (AvgIpc) is 2.36. The van der Waals surface area contributed by atoms with Gasteiger partial charge >= 0.3 is 0 Å². The first kappa shape index (κ1) is 14.8. The highest BCUT2D eigenvalue weighted by atomic mass is 16.5. The zero-order valence-corrected chi connectivity index (χ0v) is 12.3. The highest BCUT2D eigenvalue weighted by molar-refractivity contribution is 5.80. The van der Waals surface area contributed by atoms with Crippen LogP contribution in [0.3, 0.4) is 0 Å². The highest BCUT2D eigenvalue weighted by Gasteiger charge is 2.25. The van der Waals surface area contributed by atoms with E-state index >= 15 is 0 Å².